The van der Waals surface area contributed by atoms with Crippen LogP contribution in [0.1, 0.15) is 36.1 Å². The maximum Gasteiger partial charge on any atom is 0.244 e. The van der Waals surface area contributed by atoms with Crippen LogP contribution in [0.3, 0.4) is 0 Å². The summed E-state index contributed by atoms with van der Waals surface area (Å²) in [7, 11) is 4.63. The van der Waals surface area contributed by atoms with Gasteiger partial charge < -0.3 is 24.7 Å². The number of ether oxygens (including phenoxy) is 4. The number of aromatic amines is 1. The molecule has 27 heavy (non-hydrogen) atoms. The molecule has 142 valence electrons. The first-order valence-electron chi connectivity index (χ1n) is 8.54. The van der Waals surface area contributed by atoms with Gasteiger partial charge in [-0.05, 0) is 12.5 Å². The van der Waals surface area contributed by atoms with E-state index in [9.17, 15) is 5.26 Å². The zero-order chi connectivity index (χ0) is 19.6. The summed E-state index contributed by atoms with van der Waals surface area (Å²) in [6, 6.07) is 5.79. The molecule has 0 spiro atoms. The van der Waals surface area contributed by atoms with E-state index in [0.29, 0.717) is 28.7 Å². The van der Waals surface area contributed by atoms with Crippen molar-refractivity contribution in [2.75, 3.05) is 21.3 Å². The van der Waals surface area contributed by atoms with E-state index in [1.807, 2.05) is 6.07 Å². The molecule has 2 aromatic rings. The van der Waals surface area contributed by atoms with E-state index in [4.69, 9.17) is 24.7 Å². The molecule has 1 aromatic heterocycles. The van der Waals surface area contributed by atoms with Gasteiger partial charge in [0, 0.05) is 11.3 Å². The van der Waals surface area contributed by atoms with Gasteiger partial charge >= 0.3 is 0 Å². The number of nitriles is 1. The van der Waals surface area contributed by atoms with Gasteiger partial charge in [0.2, 0.25) is 17.5 Å². The predicted molar refractivity (Wildman–Crippen MR) is 98.0 cm³/mol. The Kier molecular flexibility index (Phi) is 5.12. The van der Waals surface area contributed by atoms with Crippen LogP contribution in [0.4, 0.5) is 0 Å². The zero-order valence-electron chi connectivity index (χ0n) is 15.8. The van der Waals surface area contributed by atoms with E-state index in [-0.39, 0.29) is 5.88 Å². The average molecular weight is 370 g/mol. The number of H-pyrrole nitrogens is 1. The highest BCUT2D eigenvalue weighted by Gasteiger charge is 2.37. The highest BCUT2D eigenvalue weighted by Crippen LogP contribution is 2.50. The van der Waals surface area contributed by atoms with Crippen molar-refractivity contribution in [3.05, 3.63) is 40.4 Å². The third-order valence-electron chi connectivity index (χ3n) is 4.56. The molecule has 8 heteroatoms. The Bertz CT molecular complexity index is 927. The molecule has 2 heterocycles. The second-order valence-electron chi connectivity index (χ2n) is 6.02. The molecule has 3 N–H and O–H groups in total. The van der Waals surface area contributed by atoms with Gasteiger partial charge in [0.15, 0.2) is 11.5 Å². The molecule has 0 radical (unpaired) electrons. The van der Waals surface area contributed by atoms with Crippen molar-refractivity contribution in [2.24, 2.45) is 5.73 Å². The number of rotatable bonds is 6. The maximum atomic E-state index is 9.77. The third-order valence-corrected chi connectivity index (χ3v) is 4.56. The number of hydrogen-bond donors (Lipinski definition) is 2. The lowest BCUT2D eigenvalue weighted by atomic mass is 9.82. The molecule has 8 nitrogen and oxygen atoms in total. The van der Waals surface area contributed by atoms with Crippen molar-refractivity contribution < 1.29 is 18.9 Å². The fourth-order valence-corrected chi connectivity index (χ4v) is 3.41. The summed E-state index contributed by atoms with van der Waals surface area (Å²) in [5, 5.41) is 17.0. The summed E-state index contributed by atoms with van der Waals surface area (Å²) in [5.41, 5.74) is 8.72. The minimum absolute atomic E-state index is 0.0291. The molecule has 1 atom stereocenters. The third kappa shape index (κ3) is 2.91. The smallest absolute Gasteiger partial charge is 0.244 e. The van der Waals surface area contributed by atoms with Crippen LogP contribution in [0.25, 0.3) is 0 Å². The lowest BCUT2D eigenvalue weighted by Gasteiger charge is -2.26. The second kappa shape index (κ2) is 7.50. The fourth-order valence-electron chi connectivity index (χ4n) is 3.41. The number of nitrogens with zero attached hydrogens (tertiary/aromatic N) is 2. The Morgan fingerprint density at radius 2 is 1.96 bits per heavy atom. The van der Waals surface area contributed by atoms with Crippen molar-refractivity contribution in [3.8, 4) is 29.2 Å². The predicted octanol–water partition coefficient (Wildman–Crippen LogP) is 2.61. The number of methoxy groups -OCH3 is 3. The summed E-state index contributed by atoms with van der Waals surface area (Å²) in [4.78, 5) is 0. The zero-order valence-corrected chi connectivity index (χ0v) is 15.8. The molecule has 0 amide bonds. The first kappa shape index (κ1) is 18.5. The van der Waals surface area contributed by atoms with E-state index in [1.165, 1.54) is 7.11 Å². The number of nitrogens with two attached hydrogens (primary N) is 1. The molecule has 0 fully saturated rings. The van der Waals surface area contributed by atoms with E-state index < -0.39 is 5.92 Å². The standard InChI is InChI=1S/C19H22N4O4/c1-5-6-12-15-14(11(9-20)18(21)27-19(15)23-22-12)10-7-8-13(24-2)17(26-4)16(10)25-3/h7-8,14H,5-6,21H2,1-4H3,(H,22,23). The van der Waals surface area contributed by atoms with Crippen molar-refractivity contribution in [2.45, 2.75) is 25.7 Å². The average Bonchev–Trinajstić information content (AvgIpc) is 3.08. The monoisotopic (exact) mass is 370 g/mol. The van der Waals surface area contributed by atoms with Crippen molar-refractivity contribution in [1.29, 1.82) is 5.26 Å². The van der Waals surface area contributed by atoms with E-state index in [2.05, 4.69) is 23.2 Å². The number of aromatic nitrogens is 2. The molecule has 1 aliphatic rings. The van der Waals surface area contributed by atoms with Gasteiger partial charge in [0.1, 0.15) is 11.6 Å². The first-order chi connectivity index (χ1) is 13.1. The van der Waals surface area contributed by atoms with Crippen molar-refractivity contribution >= 4 is 0 Å². The number of benzene rings is 1. The Balaban J connectivity index is 2.30. The molecule has 0 saturated carbocycles. The highest BCUT2D eigenvalue weighted by atomic mass is 16.5. The first-order valence-corrected chi connectivity index (χ1v) is 8.54. The Morgan fingerprint density at radius 1 is 1.22 bits per heavy atom. The van der Waals surface area contributed by atoms with E-state index >= 15 is 0 Å². The minimum atomic E-state index is -0.492. The number of fused-ring (bicyclic) bond motifs is 1. The minimum Gasteiger partial charge on any atom is -0.493 e. The topological polar surface area (TPSA) is 115 Å². The highest BCUT2D eigenvalue weighted by molar-refractivity contribution is 5.64. The summed E-state index contributed by atoms with van der Waals surface area (Å²) in [6.45, 7) is 2.07. The summed E-state index contributed by atoms with van der Waals surface area (Å²) < 4.78 is 22.1. The number of hydrogen-bond acceptors (Lipinski definition) is 7. The van der Waals surface area contributed by atoms with Gasteiger partial charge in [0.05, 0.1) is 32.8 Å². The summed E-state index contributed by atoms with van der Waals surface area (Å²) in [6.07, 6.45) is 1.67. The van der Waals surface area contributed by atoms with Gasteiger partial charge in [-0.1, -0.05) is 19.4 Å². The largest absolute Gasteiger partial charge is 0.493 e. The molecule has 0 saturated heterocycles. The molecule has 0 aliphatic carbocycles. The second-order valence-corrected chi connectivity index (χ2v) is 6.02. The number of allylic oxidation sites excluding steroid dienone is 1. The Labute approximate surface area is 157 Å². The quantitative estimate of drug-likeness (QED) is 0.803. The van der Waals surface area contributed by atoms with E-state index in [1.54, 1.807) is 20.3 Å². The molecule has 1 aliphatic heterocycles. The molecular formula is C19H22N4O4. The van der Waals surface area contributed by atoms with Crippen LogP contribution in [0.15, 0.2) is 23.6 Å². The van der Waals surface area contributed by atoms with Crippen LogP contribution in [0.2, 0.25) is 0 Å². The Hall–Kier alpha value is -3.34. The van der Waals surface area contributed by atoms with Crippen molar-refractivity contribution in [3.63, 3.8) is 0 Å². The molecule has 1 aromatic carbocycles. The van der Waals surface area contributed by atoms with Crippen LogP contribution in [-0.2, 0) is 6.42 Å². The molecule has 3 rings (SSSR count). The van der Waals surface area contributed by atoms with Crippen LogP contribution in [-0.4, -0.2) is 31.5 Å². The van der Waals surface area contributed by atoms with Crippen LogP contribution < -0.4 is 24.7 Å². The van der Waals surface area contributed by atoms with E-state index in [0.717, 1.165) is 29.7 Å². The van der Waals surface area contributed by atoms with Crippen LogP contribution in [0, 0.1) is 11.3 Å². The fraction of sp³-hybridized carbons (Fsp3) is 0.368. The molecule has 1 unspecified atom stereocenters. The molecular weight excluding hydrogens is 348 g/mol. The molecule has 0 bridgehead atoms. The van der Waals surface area contributed by atoms with Gasteiger partial charge in [-0.2, -0.15) is 5.26 Å². The summed E-state index contributed by atoms with van der Waals surface area (Å²) in [5.74, 6) is 1.36. The van der Waals surface area contributed by atoms with Gasteiger partial charge in [-0.15, -0.1) is 5.10 Å². The Morgan fingerprint density at radius 3 is 2.56 bits per heavy atom. The number of nitrogens with one attached hydrogen (secondary N) is 1. The lowest BCUT2D eigenvalue weighted by Crippen LogP contribution is -2.21. The number of aryl methyl sites for hydroxylation is 1. The normalized spacial score (nSPS) is 15.6. The van der Waals surface area contributed by atoms with Gasteiger partial charge in [0.25, 0.3) is 0 Å². The van der Waals surface area contributed by atoms with Crippen molar-refractivity contribution in [1.82, 2.24) is 10.2 Å². The summed E-state index contributed by atoms with van der Waals surface area (Å²) >= 11 is 0. The van der Waals surface area contributed by atoms with Gasteiger partial charge in [-0.25, -0.2) is 0 Å². The van der Waals surface area contributed by atoms with Crippen LogP contribution >= 0.6 is 0 Å². The van der Waals surface area contributed by atoms with Gasteiger partial charge in [-0.3, -0.25) is 5.10 Å². The maximum absolute atomic E-state index is 9.77. The SMILES string of the molecule is CCCc1[nH]nc2c1C(c1ccc(OC)c(OC)c1OC)C(C#N)=C(N)O2. The van der Waals surface area contributed by atoms with Crippen LogP contribution in [0.5, 0.6) is 23.1 Å². The lowest BCUT2D eigenvalue weighted by molar-refractivity contribution is 0.321.